The van der Waals surface area contributed by atoms with Gasteiger partial charge in [-0.2, -0.15) is 0 Å². The van der Waals surface area contributed by atoms with E-state index in [1.165, 1.54) is 24.7 Å². The van der Waals surface area contributed by atoms with Crippen LogP contribution in [-0.4, -0.2) is 59.1 Å². The van der Waals surface area contributed by atoms with Crippen molar-refractivity contribution >= 4 is 17.3 Å². The van der Waals surface area contributed by atoms with Crippen molar-refractivity contribution in [3.63, 3.8) is 0 Å². The second kappa shape index (κ2) is 9.45. The number of nitrogens with one attached hydrogen (secondary N) is 1. The van der Waals surface area contributed by atoms with E-state index >= 15 is 0 Å². The molecule has 1 aliphatic heterocycles. The molecule has 1 saturated heterocycles. The fourth-order valence-electron chi connectivity index (χ4n) is 3.70. The molecular formula is C19H28N6O2. The summed E-state index contributed by atoms with van der Waals surface area (Å²) >= 11 is 0. The SMILES string of the molecule is C=CCN1CCN(c2ncnc(NCCC3=CCCCC3)c2[N+](=O)[O-])CC1. The van der Waals surface area contributed by atoms with Crippen LogP contribution in [0.5, 0.6) is 0 Å². The molecule has 1 aromatic rings. The molecule has 3 rings (SSSR count). The molecule has 0 unspecified atom stereocenters. The first kappa shape index (κ1) is 19.3. The van der Waals surface area contributed by atoms with Gasteiger partial charge in [0, 0.05) is 39.3 Å². The number of hydrogen-bond donors (Lipinski definition) is 1. The van der Waals surface area contributed by atoms with Crippen LogP contribution in [0.1, 0.15) is 32.1 Å². The molecule has 0 radical (unpaired) electrons. The molecule has 8 nitrogen and oxygen atoms in total. The van der Waals surface area contributed by atoms with Crippen LogP contribution in [0.15, 0.2) is 30.6 Å². The molecule has 1 aromatic heterocycles. The van der Waals surface area contributed by atoms with E-state index in [0.717, 1.165) is 38.9 Å². The summed E-state index contributed by atoms with van der Waals surface area (Å²) in [6, 6.07) is 0. The average Bonchev–Trinajstić information content (AvgIpc) is 2.69. The van der Waals surface area contributed by atoms with Crippen LogP contribution in [0.3, 0.4) is 0 Å². The topological polar surface area (TPSA) is 87.4 Å². The lowest BCUT2D eigenvalue weighted by atomic mass is 9.97. The Morgan fingerprint density at radius 2 is 2.07 bits per heavy atom. The zero-order valence-corrected chi connectivity index (χ0v) is 15.8. The van der Waals surface area contributed by atoms with E-state index in [9.17, 15) is 10.1 Å². The molecule has 1 N–H and O–H groups in total. The van der Waals surface area contributed by atoms with E-state index < -0.39 is 0 Å². The third-order valence-corrected chi connectivity index (χ3v) is 5.17. The number of nitrogens with zero attached hydrogens (tertiary/aromatic N) is 5. The van der Waals surface area contributed by atoms with E-state index in [1.54, 1.807) is 0 Å². The Kier molecular flexibility index (Phi) is 6.75. The van der Waals surface area contributed by atoms with Crippen LogP contribution in [0.2, 0.25) is 0 Å². The van der Waals surface area contributed by atoms with E-state index in [0.29, 0.717) is 31.3 Å². The molecular weight excluding hydrogens is 344 g/mol. The highest BCUT2D eigenvalue weighted by molar-refractivity contribution is 5.70. The largest absolute Gasteiger partial charge is 0.364 e. The molecule has 0 spiro atoms. The second-order valence-electron chi connectivity index (χ2n) is 7.01. The summed E-state index contributed by atoms with van der Waals surface area (Å²) in [6.07, 6.45) is 11.3. The molecule has 146 valence electrons. The molecule has 0 amide bonds. The Labute approximate surface area is 160 Å². The zero-order chi connectivity index (χ0) is 19.1. The van der Waals surface area contributed by atoms with Crippen LogP contribution in [0.25, 0.3) is 0 Å². The van der Waals surface area contributed by atoms with Crippen molar-refractivity contribution in [3.8, 4) is 0 Å². The summed E-state index contributed by atoms with van der Waals surface area (Å²) in [5.41, 5.74) is 1.41. The zero-order valence-electron chi connectivity index (χ0n) is 15.8. The number of nitro groups is 1. The number of piperazine rings is 1. The number of hydrogen-bond acceptors (Lipinski definition) is 7. The summed E-state index contributed by atoms with van der Waals surface area (Å²) < 4.78 is 0. The number of allylic oxidation sites excluding steroid dienone is 1. The van der Waals surface area contributed by atoms with Crippen molar-refractivity contribution in [1.29, 1.82) is 0 Å². The highest BCUT2D eigenvalue weighted by Gasteiger charge is 2.28. The number of rotatable bonds is 8. The van der Waals surface area contributed by atoms with Gasteiger partial charge in [-0.1, -0.05) is 17.7 Å². The van der Waals surface area contributed by atoms with Gasteiger partial charge in [-0.15, -0.1) is 6.58 Å². The van der Waals surface area contributed by atoms with Gasteiger partial charge in [0.15, 0.2) is 0 Å². The van der Waals surface area contributed by atoms with E-state index in [1.807, 2.05) is 11.0 Å². The van der Waals surface area contributed by atoms with Gasteiger partial charge in [0.2, 0.25) is 11.6 Å². The minimum absolute atomic E-state index is 0.0210. The fraction of sp³-hybridized carbons (Fsp3) is 0.579. The Balaban J connectivity index is 1.68. The summed E-state index contributed by atoms with van der Waals surface area (Å²) in [5.74, 6) is 0.725. The number of anilines is 2. The van der Waals surface area contributed by atoms with Gasteiger partial charge in [0.05, 0.1) is 4.92 Å². The highest BCUT2D eigenvalue weighted by atomic mass is 16.6. The lowest BCUT2D eigenvalue weighted by molar-refractivity contribution is -0.383. The highest BCUT2D eigenvalue weighted by Crippen LogP contribution is 2.32. The molecule has 1 aliphatic carbocycles. The van der Waals surface area contributed by atoms with Crippen molar-refractivity contribution < 1.29 is 4.92 Å². The summed E-state index contributed by atoms with van der Waals surface area (Å²) in [7, 11) is 0. The molecule has 2 aliphatic rings. The maximum atomic E-state index is 11.7. The van der Waals surface area contributed by atoms with E-state index in [4.69, 9.17) is 0 Å². The Morgan fingerprint density at radius 1 is 1.26 bits per heavy atom. The van der Waals surface area contributed by atoms with Crippen molar-refractivity contribution in [3.05, 3.63) is 40.7 Å². The first-order chi connectivity index (χ1) is 13.2. The van der Waals surface area contributed by atoms with Crippen molar-refractivity contribution in [2.24, 2.45) is 0 Å². The Bertz CT molecular complexity index is 697. The van der Waals surface area contributed by atoms with Crippen molar-refractivity contribution in [2.45, 2.75) is 32.1 Å². The maximum absolute atomic E-state index is 11.7. The predicted octanol–water partition coefficient (Wildman–Crippen LogP) is 3.00. The molecule has 1 fully saturated rings. The van der Waals surface area contributed by atoms with E-state index in [2.05, 4.69) is 32.8 Å². The van der Waals surface area contributed by atoms with Crippen molar-refractivity contribution in [1.82, 2.24) is 14.9 Å². The number of aromatic nitrogens is 2. The van der Waals surface area contributed by atoms with Gasteiger partial charge in [0.1, 0.15) is 6.33 Å². The molecule has 27 heavy (non-hydrogen) atoms. The Morgan fingerprint density at radius 3 is 2.74 bits per heavy atom. The lowest BCUT2D eigenvalue weighted by Gasteiger charge is -2.34. The predicted molar refractivity (Wildman–Crippen MR) is 107 cm³/mol. The quantitative estimate of drug-likeness (QED) is 0.426. The van der Waals surface area contributed by atoms with Gasteiger partial charge < -0.3 is 10.2 Å². The van der Waals surface area contributed by atoms with Crippen LogP contribution < -0.4 is 10.2 Å². The summed E-state index contributed by atoms with van der Waals surface area (Å²) in [4.78, 5) is 24.0. The van der Waals surface area contributed by atoms with Gasteiger partial charge in [0.25, 0.3) is 0 Å². The smallest absolute Gasteiger partial charge is 0.353 e. The van der Waals surface area contributed by atoms with Crippen molar-refractivity contribution in [2.75, 3.05) is 49.5 Å². The minimum atomic E-state index is -0.367. The van der Waals surface area contributed by atoms with E-state index in [-0.39, 0.29) is 10.6 Å². The monoisotopic (exact) mass is 372 g/mol. The third kappa shape index (κ3) is 5.03. The first-order valence-electron chi connectivity index (χ1n) is 9.68. The third-order valence-electron chi connectivity index (χ3n) is 5.17. The van der Waals surface area contributed by atoms with Gasteiger partial charge >= 0.3 is 5.69 Å². The van der Waals surface area contributed by atoms with Gasteiger partial charge in [-0.05, 0) is 32.1 Å². The van der Waals surface area contributed by atoms with Crippen LogP contribution in [0.4, 0.5) is 17.3 Å². The second-order valence-corrected chi connectivity index (χ2v) is 7.01. The van der Waals surface area contributed by atoms with Crippen LogP contribution >= 0.6 is 0 Å². The normalized spacial score (nSPS) is 18.1. The molecule has 0 saturated carbocycles. The molecule has 2 heterocycles. The summed E-state index contributed by atoms with van der Waals surface area (Å²) in [5, 5.41) is 14.9. The van der Waals surface area contributed by atoms with Gasteiger partial charge in [-0.3, -0.25) is 15.0 Å². The lowest BCUT2D eigenvalue weighted by Crippen LogP contribution is -2.46. The Hall–Kier alpha value is -2.48. The maximum Gasteiger partial charge on any atom is 0.353 e. The first-order valence-corrected chi connectivity index (χ1v) is 9.68. The minimum Gasteiger partial charge on any atom is -0.364 e. The molecule has 0 atom stereocenters. The van der Waals surface area contributed by atoms with Crippen LogP contribution in [0, 0.1) is 10.1 Å². The standard InChI is InChI=1S/C19H28N6O2/c1-2-10-23-11-13-24(14-12-23)19-17(25(26)27)18(21-15-22-19)20-9-8-16-6-4-3-5-7-16/h2,6,15H,1,3-5,7-14H2,(H,20,21,22). The van der Waals surface area contributed by atoms with Crippen LogP contribution in [-0.2, 0) is 0 Å². The molecule has 8 heteroatoms. The molecule has 0 bridgehead atoms. The fourth-order valence-corrected chi connectivity index (χ4v) is 3.70. The molecule has 0 aromatic carbocycles. The average molecular weight is 372 g/mol. The van der Waals surface area contributed by atoms with Gasteiger partial charge in [-0.25, -0.2) is 9.97 Å². The summed E-state index contributed by atoms with van der Waals surface area (Å²) in [6.45, 7) is 8.34.